The highest BCUT2D eigenvalue weighted by atomic mass is 19.4. The standard InChI is InChI=1S/C18H18F3N7/c1-10(2)23-15-8-16(24-12-7-11(3)28-22-9-12)27-17(26-15)13-5-4-6-14(25-13)18(19,20)21/h4-10H,1-3H3,(H2,23,24,26,27,28). The van der Waals surface area contributed by atoms with Gasteiger partial charge in [0, 0.05) is 12.1 Å². The first-order valence-corrected chi connectivity index (χ1v) is 8.47. The number of alkyl halides is 3. The van der Waals surface area contributed by atoms with Crippen LogP contribution >= 0.6 is 0 Å². The summed E-state index contributed by atoms with van der Waals surface area (Å²) in [5, 5.41) is 13.9. The quantitative estimate of drug-likeness (QED) is 0.675. The van der Waals surface area contributed by atoms with Gasteiger partial charge in [0.15, 0.2) is 5.82 Å². The maximum absolute atomic E-state index is 13.0. The van der Waals surface area contributed by atoms with E-state index in [9.17, 15) is 13.2 Å². The normalized spacial score (nSPS) is 11.5. The largest absolute Gasteiger partial charge is 0.433 e. The van der Waals surface area contributed by atoms with Gasteiger partial charge in [-0.3, -0.25) is 0 Å². The number of halogens is 3. The highest BCUT2D eigenvalue weighted by molar-refractivity contribution is 5.63. The molecule has 0 spiro atoms. The lowest BCUT2D eigenvalue weighted by molar-refractivity contribution is -0.141. The van der Waals surface area contributed by atoms with Gasteiger partial charge >= 0.3 is 6.18 Å². The van der Waals surface area contributed by atoms with E-state index >= 15 is 0 Å². The van der Waals surface area contributed by atoms with Crippen LogP contribution in [0, 0.1) is 6.92 Å². The zero-order valence-corrected chi connectivity index (χ0v) is 15.4. The van der Waals surface area contributed by atoms with Crippen molar-refractivity contribution < 1.29 is 13.2 Å². The van der Waals surface area contributed by atoms with E-state index in [0.29, 0.717) is 23.0 Å². The Labute approximate surface area is 159 Å². The van der Waals surface area contributed by atoms with Crippen molar-refractivity contribution in [2.45, 2.75) is 33.0 Å². The molecule has 3 aromatic heterocycles. The molecular formula is C18H18F3N7. The van der Waals surface area contributed by atoms with E-state index in [-0.39, 0.29) is 17.6 Å². The molecule has 0 bridgehead atoms. The highest BCUT2D eigenvalue weighted by Gasteiger charge is 2.32. The fraction of sp³-hybridized carbons (Fsp3) is 0.278. The van der Waals surface area contributed by atoms with E-state index in [1.165, 1.54) is 18.3 Å². The van der Waals surface area contributed by atoms with Crippen molar-refractivity contribution in [3.05, 3.63) is 47.9 Å². The van der Waals surface area contributed by atoms with Gasteiger partial charge in [0.1, 0.15) is 23.0 Å². The summed E-state index contributed by atoms with van der Waals surface area (Å²) >= 11 is 0. The van der Waals surface area contributed by atoms with Crippen LogP contribution in [0.5, 0.6) is 0 Å². The van der Waals surface area contributed by atoms with E-state index in [0.717, 1.165) is 6.07 Å². The van der Waals surface area contributed by atoms with Crippen LogP contribution in [0.3, 0.4) is 0 Å². The van der Waals surface area contributed by atoms with Crippen molar-refractivity contribution in [2.24, 2.45) is 0 Å². The van der Waals surface area contributed by atoms with Crippen molar-refractivity contribution >= 4 is 17.3 Å². The predicted octanol–water partition coefficient (Wildman–Crippen LogP) is 4.22. The number of nitrogens with zero attached hydrogens (tertiary/aromatic N) is 5. The molecule has 7 nitrogen and oxygen atoms in total. The lowest BCUT2D eigenvalue weighted by Crippen LogP contribution is -2.13. The van der Waals surface area contributed by atoms with Gasteiger partial charge in [0.05, 0.1) is 17.6 Å². The Morgan fingerprint density at radius 3 is 2.43 bits per heavy atom. The second-order valence-electron chi connectivity index (χ2n) is 6.38. The van der Waals surface area contributed by atoms with Crippen molar-refractivity contribution in [3.8, 4) is 11.5 Å². The van der Waals surface area contributed by atoms with Crippen LogP contribution in [0.15, 0.2) is 36.5 Å². The average Bonchev–Trinajstić information content (AvgIpc) is 2.60. The summed E-state index contributed by atoms with van der Waals surface area (Å²) in [7, 11) is 0. The topological polar surface area (TPSA) is 88.5 Å². The van der Waals surface area contributed by atoms with Crippen LogP contribution in [0.1, 0.15) is 25.2 Å². The number of pyridine rings is 1. The molecule has 28 heavy (non-hydrogen) atoms. The molecule has 10 heteroatoms. The monoisotopic (exact) mass is 389 g/mol. The molecule has 0 saturated heterocycles. The summed E-state index contributed by atoms with van der Waals surface area (Å²) in [5.41, 5.74) is 0.373. The van der Waals surface area contributed by atoms with Gasteiger partial charge in [-0.25, -0.2) is 15.0 Å². The van der Waals surface area contributed by atoms with Crippen LogP contribution in [-0.2, 0) is 6.18 Å². The summed E-state index contributed by atoms with van der Waals surface area (Å²) in [4.78, 5) is 12.3. The number of aryl methyl sites for hydroxylation is 1. The van der Waals surface area contributed by atoms with Crippen LogP contribution < -0.4 is 10.6 Å². The van der Waals surface area contributed by atoms with Crippen molar-refractivity contribution in [1.29, 1.82) is 0 Å². The average molecular weight is 389 g/mol. The second-order valence-corrected chi connectivity index (χ2v) is 6.38. The molecule has 2 N–H and O–H groups in total. The van der Waals surface area contributed by atoms with Crippen LogP contribution in [-0.4, -0.2) is 31.2 Å². The minimum Gasteiger partial charge on any atom is -0.368 e. The second kappa shape index (κ2) is 7.75. The van der Waals surface area contributed by atoms with E-state index in [1.54, 1.807) is 19.1 Å². The predicted molar refractivity (Wildman–Crippen MR) is 99.1 cm³/mol. The minimum absolute atomic E-state index is 0.0225. The van der Waals surface area contributed by atoms with Crippen LogP contribution in [0.4, 0.5) is 30.5 Å². The molecule has 0 amide bonds. The molecule has 0 aliphatic heterocycles. The Morgan fingerprint density at radius 2 is 1.75 bits per heavy atom. The van der Waals surface area contributed by atoms with Gasteiger partial charge in [-0.2, -0.15) is 23.4 Å². The molecule has 0 saturated carbocycles. The summed E-state index contributed by atoms with van der Waals surface area (Å²) in [6.45, 7) is 5.64. The third kappa shape index (κ3) is 4.90. The summed E-state index contributed by atoms with van der Waals surface area (Å²) < 4.78 is 39.0. The molecule has 3 rings (SSSR count). The third-order valence-corrected chi connectivity index (χ3v) is 3.48. The van der Waals surface area contributed by atoms with Gasteiger partial charge in [-0.05, 0) is 39.0 Å². The van der Waals surface area contributed by atoms with E-state index in [1.807, 2.05) is 13.8 Å². The number of hydrogen-bond acceptors (Lipinski definition) is 7. The van der Waals surface area contributed by atoms with E-state index in [4.69, 9.17) is 0 Å². The fourth-order valence-electron chi connectivity index (χ4n) is 2.40. The zero-order chi connectivity index (χ0) is 20.3. The maximum Gasteiger partial charge on any atom is 0.433 e. The van der Waals surface area contributed by atoms with Crippen LogP contribution in [0.2, 0.25) is 0 Å². The van der Waals surface area contributed by atoms with E-state index < -0.39 is 11.9 Å². The van der Waals surface area contributed by atoms with Crippen molar-refractivity contribution in [2.75, 3.05) is 10.6 Å². The fourth-order valence-corrected chi connectivity index (χ4v) is 2.40. The van der Waals surface area contributed by atoms with Gasteiger partial charge in [0.2, 0.25) is 0 Å². The van der Waals surface area contributed by atoms with E-state index in [2.05, 4.69) is 35.8 Å². The number of aromatic nitrogens is 5. The molecule has 0 radical (unpaired) electrons. The summed E-state index contributed by atoms with van der Waals surface area (Å²) in [6, 6.07) is 7.12. The van der Waals surface area contributed by atoms with Gasteiger partial charge < -0.3 is 10.6 Å². The molecule has 0 unspecified atom stereocenters. The van der Waals surface area contributed by atoms with Crippen molar-refractivity contribution in [1.82, 2.24) is 25.1 Å². The Kier molecular flexibility index (Phi) is 5.39. The molecule has 3 aromatic rings. The summed E-state index contributed by atoms with van der Waals surface area (Å²) in [5.74, 6) is 0.915. The first-order chi connectivity index (χ1) is 13.2. The third-order valence-electron chi connectivity index (χ3n) is 3.48. The number of hydrogen-bond donors (Lipinski definition) is 2. The molecule has 3 heterocycles. The smallest absolute Gasteiger partial charge is 0.368 e. The molecule has 0 aliphatic rings. The van der Waals surface area contributed by atoms with Gasteiger partial charge in [-0.1, -0.05) is 6.07 Å². The Morgan fingerprint density at radius 1 is 1.00 bits per heavy atom. The molecular weight excluding hydrogens is 371 g/mol. The van der Waals surface area contributed by atoms with Gasteiger partial charge in [0.25, 0.3) is 0 Å². The van der Waals surface area contributed by atoms with Gasteiger partial charge in [-0.15, -0.1) is 0 Å². The first kappa shape index (κ1) is 19.5. The SMILES string of the molecule is Cc1cc(Nc2cc(NC(C)C)nc(-c3cccc(C(F)(F)F)n3)n2)cnn1. The first-order valence-electron chi connectivity index (χ1n) is 8.47. The molecule has 0 aromatic carbocycles. The molecule has 0 aliphatic carbocycles. The van der Waals surface area contributed by atoms with Crippen LogP contribution in [0.25, 0.3) is 11.5 Å². The Balaban J connectivity index is 2.03. The summed E-state index contributed by atoms with van der Waals surface area (Å²) in [6.07, 6.45) is -3.03. The number of anilines is 3. The molecule has 146 valence electrons. The highest BCUT2D eigenvalue weighted by Crippen LogP contribution is 2.29. The molecule has 0 atom stereocenters. The molecule has 0 fully saturated rings. The lowest BCUT2D eigenvalue weighted by Gasteiger charge is -2.14. The maximum atomic E-state index is 13.0. The zero-order valence-electron chi connectivity index (χ0n) is 15.4. The number of rotatable bonds is 5. The Bertz CT molecular complexity index is 973. The minimum atomic E-state index is -4.55. The Hall–Kier alpha value is -3.30. The lowest BCUT2D eigenvalue weighted by atomic mass is 10.2. The van der Waals surface area contributed by atoms with Crippen molar-refractivity contribution in [3.63, 3.8) is 0 Å². The number of nitrogens with one attached hydrogen (secondary N) is 2.